The van der Waals surface area contributed by atoms with E-state index in [-0.39, 0.29) is 6.61 Å². The van der Waals surface area contributed by atoms with E-state index in [4.69, 9.17) is 26.6 Å². The summed E-state index contributed by atoms with van der Waals surface area (Å²) in [6, 6.07) is 4.12. The fourth-order valence-corrected chi connectivity index (χ4v) is 1.99. The van der Waals surface area contributed by atoms with Gasteiger partial charge in [0.15, 0.2) is 6.04 Å². The maximum atomic E-state index is 11.8. The lowest BCUT2D eigenvalue weighted by Gasteiger charge is -2.25. The summed E-state index contributed by atoms with van der Waals surface area (Å²) in [6.07, 6.45) is 2.74. The minimum Gasteiger partial charge on any atom is -0.485 e. The lowest BCUT2D eigenvalue weighted by Crippen LogP contribution is -2.37. The summed E-state index contributed by atoms with van der Waals surface area (Å²) >= 11 is 5.90. The predicted octanol–water partition coefficient (Wildman–Crippen LogP) is 3.36. The van der Waals surface area contributed by atoms with Crippen molar-refractivity contribution in [3.63, 3.8) is 0 Å². The Morgan fingerprint density at radius 1 is 1.65 bits per heavy atom. The first-order chi connectivity index (χ1) is 9.65. The van der Waals surface area contributed by atoms with E-state index in [1.54, 1.807) is 37.3 Å². The number of nitrogens with zero attached hydrogens (tertiary/aromatic N) is 3. The van der Waals surface area contributed by atoms with Gasteiger partial charge in [0, 0.05) is 15.5 Å². The van der Waals surface area contributed by atoms with Crippen LogP contribution in [0.1, 0.15) is 12.5 Å². The predicted molar refractivity (Wildman–Crippen MR) is 74.5 cm³/mol. The van der Waals surface area contributed by atoms with Crippen molar-refractivity contribution < 1.29 is 14.3 Å². The van der Waals surface area contributed by atoms with E-state index in [0.717, 1.165) is 5.56 Å². The van der Waals surface area contributed by atoms with Crippen LogP contribution in [0, 0.1) is 0 Å². The lowest BCUT2D eigenvalue weighted by atomic mass is 10.1. The molecule has 0 N–H and O–H groups in total. The molecule has 0 saturated heterocycles. The number of rotatable bonds is 4. The highest BCUT2D eigenvalue weighted by atomic mass is 35.5. The third-order valence-electron chi connectivity index (χ3n) is 2.72. The molecular formula is C13H12ClN3O3. The van der Waals surface area contributed by atoms with Crippen LogP contribution >= 0.6 is 11.6 Å². The van der Waals surface area contributed by atoms with E-state index >= 15 is 0 Å². The Bertz CT molecular complexity index is 597. The zero-order valence-corrected chi connectivity index (χ0v) is 11.4. The number of esters is 1. The summed E-state index contributed by atoms with van der Waals surface area (Å²) in [7, 11) is 0. The molecule has 1 aromatic carbocycles. The monoisotopic (exact) mass is 293 g/mol. The first-order valence-corrected chi connectivity index (χ1v) is 6.38. The number of hydrogen-bond donors (Lipinski definition) is 0. The summed E-state index contributed by atoms with van der Waals surface area (Å²) in [5, 5.41) is 3.98. The van der Waals surface area contributed by atoms with Crippen LogP contribution < -0.4 is 4.74 Å². The van der Waals surface area contributed by atoms with Crippen LogP contribution in [-0.2, 0) is 9.53 Å². The molecule has 7 heteroatoms. The average Bonchev–Trinajstić information content (AvgIpc) is 2.44. The quantitative estimate of drug-likeness (QED) is 0.369. The smallest absolute Gasteiger partial charge is 0.319 e. The van der Waals surface area contributed by atoms with Gasteiger partial charge in [0.05, 0.1) is 6.61 Å². The van der Waals surface area contributed by atoms with E-state index in [1.165, 1.54) is 0 Å². The van der Waals surface area contributed by atoms with Gasteiger partial charge in [-0.2, -0.15) is 0 Å². The van der Waals surface area contributed by atoms with Crippen molar-refractivity contribution in [2.75, 3.05) is 6.61 Å². The molecule has 2 unspecified atom stereocenters. The molecule has 1 aliphatic rings. The molecule has 0 fully saturated rings. The maximum Gasteiger partial charge on any atom is 0.319 e. The van der Waals surface area contributed by atoms with Gasteiger partial charge in [0.25, 0.3) is 0 Å². The molecule has 0 spiro atoms. The highest BCUT2D eigenvalue weighted by molar-refractivity contribution is 6.30. The summed E-state index contributed by atoms with van der Waals surface area (Å²) in [6.45, 7) is 1.88. The van der Waals surface area contributed by atoms with Gasteiger partial charge in [-0.1, -0.05) is 22.8 Å². The normalized spacial score (nSPS) is 17.4. The van der Waals surface area contributed by atoms with Crippen molar-refractivity contribution in [1.82, 2.24) is 0 Å². The van der Waals surface area contributed by atoms with Gasteiger partial charge in [0.1, 0.15) is 11.9 Å². The average molecular weight is 294 g/mol. The van der Waals surface area contributed by atoms with E-state index in [1.807, 2.05) is 0 Å². The summed E-state index contributed by atoms with van der Waals surface area (Å²) in [4.78, 5) is 14.5. The maximum absolute atomic E-state index is 11.8. The van der Waals surface area contributed by atoms with Gasteiger partial charge < -0.3 is 9.47 Å². The molecule has 0 aromatic heterocycles. The van der Waals surface area contributed by atoms with Crippen LogP contribution in [0.2, 0.25) is 5.02 Å². The second kappa shape index (κ2) is 6.32. The Morgan fingerprint density at radius 2 is 2.45 bits per heavy atom. The van der Waals surface area contributed by atoms with Gasteiger partial charge >= 0.3 is 5.97 Å². The van der Waals surface area contributed by atoms with Gasteiger partial charge in [-0.25, -0.2) is 0 Å². The molecule has 0 radical (unpaired) electrons. The third kappa shape index (κ3) is 3.04. The highest BCUT2D eigenvalue weighted by Gasteiger charge is 2.30. The molecular weight excluding hydrogens is 282 g/mol. The first kappa shape index (κ1) is 14.2. The Hall–Kier alpha value is -2.17. The van der Waals surface area contributed by atoms with Crippen LogP contribution in [0.5, 0.6) is 5.75 Å². The molecule has 104 valence electrons. The Labute approximate surface area is 120 Å². The number of azide groups is 1. The van der Waals surface area contributed by atoms with Crippen molar-refractivity contribution >= 4 is 23.6 Å². The number of benzene rings is 1. The van der Waals surface area contributed by atoms with E-state index in [9.17, 15) is 4.79 Å². The number of hydrogen-bond acceptors (Lipinski definition) is 4. The van der Waals surface area contributed by atoms with E-state index < -0.39 is 18.1 Å². The Balaban J connectivity index is 2.25. The topological polar surface area (TPSA) is 84.3 Å². The van der Waals surface area contributed by atoms with Gasteiger partial charge in [0.2, 0.25) is 0 Å². The number of ether oxygens (including phenoxy) is 2. The molecule has 0 bridgehead atoms. The lowest BCUT2D eigenvalue weighted by molar-refractivity contribution is -0.146. The first-order valence-electron chi connectivity index (χ1n) is 6.01. The zero-order chi connectivity index (χ0) is 14.5. The van der Waals surface area contributed by atoms with Crippen molar-refractivity contribution in [3.8, 4) is 5.75 Å². The number of halogens is 1. The second-order valence-electron chi connectivity index (χ2n) is 4.03. The number of fused-ring (bicyclic) bond motifs is 1. The van der Waals surface area contributed by atoms with E-state index in [0.29, 0.717) is 10.8 Å². The zero-order valence-electron chi connectivity index (χ0n) is 10.7. The summed E-state index contributed by atoms with van der Waals surface area (Å²) in [5.74, 6) is -0.0853. The number of carbonyl (C=O) groups is 1. The van der Waals surface area contributed by atoms with Crippen molar-refractivity contribution in [2.24, 2.45) is 5.11 Å². The third-order valence-corrected chi connectivity index (χ3v) is 2.95. The van der Waals surface area contributed by atoms with Crippen LogP contribution in [-0.4, -0.2) is 24.7 Å². The second-order valence-corrected chi connectivity index (χ2v) is 4.46. The molecule has 1 heterocycles. The molecule has 6 nitrogen and oxygen atoms in total. The summed E-state index contributed by atoms with van der Waals surface area (Å²) < 4.78 is 10.5. The molecule has 2 rings (SSSR count). The molecule has 0 saturated carbocycles. The Morgan fingerprint density at radius 3 is 3.15 bits per heavy atom. The van der Waals surface area contributed by atoms with Crippen molar-refractivity contribution in [1.29, 1.82) is 0 Å². The largest absolute Gasteiger partial charge is 0.485 e. The molecule has 20 heavy (non-hydrogen) atoms. The van der Waals surface area contributed by atoms with Crippen LogP contribution in [0.15, 0.2) is 29.4 Å². The molecule has 0 amide bonds. The van der Waals surface area contributed by atoms with Crippen LogP contribution in [0.3, 0.4) is 0 Å². The minimum atomic E-state index is -1.07. The van der Waals surface area contributed by atoms with Gasteiger partial charge in [-0.3, -0.25) is 4.79 Å². The van der Waals surface area contributed by atoms with Gasteiger partial charge in [-0.05, 0) is 36.7 Å². The minimum absolute atomic E-state index is 0.204. The van der Waals surface area contributed by atoms with E-state index in [2.05, 4.69) is 10.0 Å². The fourth-order valence-electron chi connectivity index (χ4n) is 1.83. The van der Waals surface area contributed by atoms with Crippen LogP contribution in [0.4, 0.5) is 0 Å². The molecule has 0 aliphatic carbocycles. The standard InChI is InChI=1S/C13H12ClN3O3/c1-2-19-13(18)12(16-17-15)10-6-4-8-3-5-9(14)7-11(8)20-10/h3-7,10,12H,2H2,1H3. The summed E-state index contributed by atoms with van der Waals surface area (Å²) in [5.41, 5.74) is 9.42. The Kier molecular flexibility index (Phi) is 4.50. The fraction of sp³-hybridized carbons (Fsp3) is 0.308. The van der Waals surface area contributed by atoms with Crippen molar-refractivity contribution in [3.05, 3.63) is 45.3 Å². The highest BCUT2D eigenvalue weighted by Crippen LogP contribution is 2.30. The van der Waals surface area contributed by atoms with Crippen molar-refractivity contribution in [2.45, 2.75) is 19.1 Å². The molecule has 1 aromatic rings. The van der Waals surface area contributed by atoms with Gasteiger partial charge in [-0.15, -0.1) is 0 Å². The number of carbonyl (C=O) groups excluding carboxylic acids is 1. The molecule has 1 aliphatic heterocycles. The SMILES string of the molecule is CCOC(=O)C(N=[N+]=[N-])C1C=Cc2ccc(Cl)cc2O1. The molecule has 2 atom stereocenters. The van der Waals surface area contributed by atoms with Crippen LogP contribution in [0.25, 0.3) is 16.5 Å².